The molecule has 25 heavy (non-hydrogen) atoms. The Hall–Kier alpha value is -3.83. The predicted octanol–water partition coefficient (Wildman–Crippen LogP) is 5.15. The van der Waals surface area contributed by atoms with E-state index in [4.69, 9.17) is 20.0 Å². The number of hydrogen-bond acceptors (Lipinski definition) is 4. The summed E-state index contributed by atoms with van der Waals surface area (Å²) in [4.78, 5) is 0. The molecule has 5 heteroatoms. The van der Waals surface area contributed by atoms with Crippen LogP contribution in [-0.2, 0) is 0 Å². The first-order valence-corrected chi connectivity index (χ1v) is 7.33. The molecule has 0 radical (unpaired) electrons. The van der Waals surface area contributed by atoms with Gasteiger partial charge in [-0.25, -0.2) is 4.39 Å². The molecule has 3 aromatic carbocycles. The average Bonchev–Trinajstić information content (AvgIpc) is 2.63. The number of rotatable bonds is 4. The minimum Gasteiger partial charge on any atom is -0.457 e. The largest absolute Gasteiger partial charge is 0.457 e. The lowest BCUT2D eigenvalue weighted by Crippen LogP contribution is -1.89. The molecule has 0 aliphatic carbocycles. The van der Waals surface area contributed by atoms with Gasteiger partial charge in [-0.2, -0.15) is 10.5 Å². The molecule has 0 aromatic heterocycles. The maximum atomic E-state index is 13.1. The summed E-state index contributed by atoms with van der Waals surface area (Å²) in [5.41, 5.74) is 0.555. The maximum Gasteiger partial charge on any atom is 0.130 e. The molecule has 3 rings (SSSR count). The lowest BCUT2D eigenvalue weighted by Gasteiger charge is -2.09. The van der Waals surface area contributed by atoms with Crippen molar-refractivity contribution in [3.05, 3.63) is 83.7 Å². The Bertz CT molecular complexity index is 986. The van der Waals surface area contributed by atoms with E-state index in [0.717, 1.165) is 0 Å². The fraction of sp³-hybridized carbons (Fsp3) is 0. The van der Waals surface area contributed by atoms with Gasteiger partial charge in [-0.15, -0.1) is 0 Å². The molecule has 0 saturated carbocycles. The average molecular weight is 330 g/mol. The zero-order valence-corrected chi connectivity index (χ0v) is 12.9. The van der Waals surface area contributed by atoms with E-state index < -0.39 is 0 Å². The van der Waals surface area contributed by atoms with Crippen molar-refractivity contribution in [2.24, 2.45) is 0 Å². The van der Waals surface area contributed by atoms with Crippen LogP contribution in [0.4, 0.5) is 4.39 Å². The zero-order chi connectivity index (χ0) is 17.6. The van der Waals surface area contributed by atoms with E-state index in [9.17, 15) is 4.39 Å². The van der Waals surface area contributed by atoms with Gasteiger partial charge in [-0.1, -0.05) is 6.07 Å². The van der Waals surface area contributed by atoms with E-state index in [-0.39, 0.29) is 11.4 Å². The van der Waals surface area contributed by atoms with Gasteiger partial charge >= 0.3 is 0 Å². The summed E-state index contributed by atoms with van der Waals surface area (Å²) in [6, 6.07) is 21.2. The summed E-state index contributed by atoms with van der Waals surface area (Å²) in [6.45, 7) is 0. The quantitative estimate of drug-likeness (QED) is 0.663. The highest BCUT2D eigenvalue weighted by atomic mass is 19.1. The van der Waals surface area contributed by atoms with Gasteiger partial charge in [0.25, 0.3) is 0 Å². The van der Waals surface area contributed by atoms with Crippen LogP contribution < -0.4 is 9.47 Å². The molecule has 0 amide bonds. The molecule has 0 aliphatic heterocycles. The Morgan fingerprint density at radius 1 is 0.640 bits per heavy atom. The zero-order valence-electron chi connectivity index (χ0n) is 12.9. The van der Waals surface area contributed by atoms with Gasteiger partial charge in [0, 0.05) is 6.07 Å². The highest BCUT2D eigenvalue weighted by Gasteiger charge is 2.05. The van der Waals surface area contributed by atoms with Crippen LogP contribution in [0.3, 0.4) is 0 Å². The second kappa shape index (κ2) is 7.16. The summed E-state index contributed by atoms with van der Waals surface area (Å²) >= 11 is 0. The molecule has 0 aliphatic rings. The summed E-state index contributed by atoms with van der Waals surface area (Å²) in [6.07, 6.45) is 0. The van der Waals surface area contributed by atoms with E-state index in [1.165, 1.54) is 24.3 Å². The van der Waals surface area contributed by atoms with Crippen LogP contribution in [-0.4, -0.2) is 0 Å². The van der Waals surface area contributed by atoms with Crippen LogP contribution in [0.5, 0.6) is 23.0 Å². The first-order valence-electron chi connectivity index (χ1n) is 7.33. The van der Waals surface area contributed by atoms with Crippen LogP contribution in [0.15, 0.2) is 66.7 Å². The Labute approximate surface area is 143 Å². The van der Waals surface area contributed by atoms with Gasteiger partial charge in [0.1, 0.15) is 41.0 Å². The molecule has 0 spiro atoms. The van der Waals surface area contributed by atoms with Gasteiger partial charge in [-0.05, 0) is 54.6 Å². The van der Waals surface area contributed by atoms with Crippen molar-refractivity contribution in [2.45, 2.75) is 0 Å². The SMILES string of the molecule is N#Cc1ccc(Oc2ccc(Oc3cccc(F)c3)cc2)cc1C#N. The van der Waals surface area contributed by atoms with Crippen molar-refractivity contribution in [3.8, 4) is 35.1 Å². The van der Waals surface area contributed by atoms with E-state index in [1.54, 1.807) is 42.5 Å². The molecule has 4 nitrogen and oxygen atoms in total. The highest BCUT2D eigenvalue weighted by molar-refractivity contribution is 5.50. The summed E-state index contributed by atoms with van der Waals surface area (Å²) in [5, 5.41) is 18.0. The Balaban J connectivity index is 1.73. The van der Waals surface area contributed by atoms with Crippen molar-refractivity contribution < 1.29 is 13.9 Å². The van der Waals surface area contributed by atoms with Crippen LogP contribution in [0.25, 0.3) is 0 Å². The third kappa shape index (κ3) is 3.93. The Morgan fingerprint density at radius 3 is 1.76 bits per heavy atom. The van der Waals surface area contributed by atoms with E-state index >= 15 is 0 Å². The molecule has 0 atom stereocenters. The second-order valence-corrected chi connectivity index (χ2v) is 5.06. The predicted molar refractivity (Wildman–Crippen MR) is 88.9 cm³/mol. The van der Waals surface area contributed by atoms with Gasteiger partial charge in [0.2, 0.25) is 0 Å². The van der Waals surface area contributed by atoms with Crippen LogP contribution in [0.1, 0.15) is 11.1 Å². The molecule has 0 heterocycles. The number of ether oxygens (including phenoxy) is 2. The first kappa shape index (κ1) is 16.0. The molecule has 0 unspecified atom stereocenters. The van der Waals surface area contributed by atoms with Crippen LogP contribution >= 0.6 is 0 Å². The minimum absolute atomic E-state index is 0.256. The lowest BCUT2D eigenvalue weighted by atomic mass is 10.1. The number of halogens is 1. The highest BCUT2D eigenvalue weighted by Crippen LogP contribution is 2.28. The topological polar surface area (TPSA) is 66.0 Å². The molecule has 0 saturated heterocycles. The smallest absolute Gasteiger partial charge is 0.130 e. The van der Waals surface area contributed by atoms with E-state index in [1.807, 2.05) is 12.1 Å². The standard InChI is InChI=1S/C20H11FN2O2/c21-16-2-1-3-19(11-16)24-17-6-8-18(9-7-17)25-20-5-4-14(12-22)15(10-20)13-23/h1-11H. The Morgan fingerprint density at radius 2 is 1.20 bits per heavy atom. The molecule has 0 N–H and O–H groups in total. The maximum absolute atomic E-state index is 13.1. The molecule has 0 fully saturated rings. The van der Waals surface area contributed by atoms with Crippen molar-refractivity contribution in [1.82, 2.24) is 0 Å². The van der Waals surface area contributed by atoms with Crippen molar-refractivity contribution in [2.75, 3.05) is 0 Å². The number of nitrogens with zero attached hydrogens (tertiary/aromatic N) is 2. The number of benzene rings is 3. The molecular formula is C20H11FN2O2. The normalized spacial score (nSPS) is 9.72. The third-order valence-electron chi connectivity index (χ3n) is 3.32. The van der Waals surface area contributed by atoms with Gasteiger partial charge in [-0.3, -0.25) is 0 Å². The van der Waals surface area contributed by atoms with Crippen molar-refractivity contribution >= 4 is 0 Å². The molecule has 120 valence electrons. The van der Waals surface area contributed by atoms with Crippen LogP contribution in [0, 0.1) is 28.5 Å². The van der Waals surface area contributed by atoms with Crippen molar-refractivity contribution in [3.63, 3.8) is 0 Å². The molecular weight excluding hydrogens is 319 g/mol. The summed E-state index contributed by atoms with van der Waals surface area (Å²) in [7, 11) is 0. The van der Waals surface area contributed by atoms with E-state index in [0.29, 0.717) is 28.6 Å². The summed E-state index contributed by atoms with van der Waals surface area (Å²) < 4.78 is 24.4. The first-order chi connectivity index (χ1) is 12.2. The monoisotopic (exact) mass is 330 g/mol. The van der Waals surface area contributed by atoms with Crippen molar-refractivity contribution in [1.29, 1.82) is 10.5 Å². The van der Waals surface area contributed by atoms with Gasteiger partial charge in [0.05, 0.1) is 11.1 Å². The second-order valence-electron chi connectivity index (χ2n) is 5.06. The Kier molecular flexibility index (Phi) is 4.60. The molecule has 0 bridgehead atoms. The van der Waals surface area contributed by atoms with Gasteiger partial charge in [0.15, 0.2) is 0 Å². The summed E-state index contributed by atoms with van der Waals surface area (Å²) in [5.74, 6) is 1.57. The number of hydrogen-bond donors (Lipinski definition) is 0. The van der Waals surface area contributed by atoms with E-state index in [2.05, 4.69) is 0 Å². The molecule has 3 aromatic rings. The fourth-order valence-electron chi connectivity index (χ4n) is 2.16. The minimum atomic E-state index is -0.369. The van der Waals surface area contributed by atoms with Crippen LogP contribution in [0.2, 0.25) is 0 Å². The fourth-order valence-corrected chi connectivity index (χ4v) is 2.16. The third-order valence-corrected chi connectivity index (χ3v) is 3.32. The lowest BCUT2D eigenvalue weighted by molar-refractivity contribution is 0.466. The number of nitriles is 2. The van der Waals surface area contributed by atoms with Gasteiger partial charge < -0.3 is 9.47 Å².